The summed E-state index contributed by atoms with van der Waals surface area (Å²) in [5.74, 6) is 6.70. The summed E-state index contributed by atoms with van der Waals surface area (Å²) in [5, 5.41) is 0. The van der Waals surface area contributed by atoms with E-state index in [2.05, 4.69) is 103 Å². The van der Waals surface area contributed by atoms with Crippen molar-refractivity contribution in [3.8, 4) is 11.8 Å². The lowest BCUT2D eigenvalue weighted by atomic mass is 9.71. The Hall–Kier alpha value is -2.78. The highest BCUT2D eigenvalue weighted by Crippen LogP contribution is 2.35. The molecular weight excluding hydrogens is 276 g/mol. The van der Waals surface area contributed by atoms with Crippen LogP contribution in [0.15, 0.2) is 91.0 Å². The molecule has 3 rings (SSSR count). The fourth-order valence-electron chi connectivity index (χ4n) is 3.12. The highest BCUT2D eigenvalue weighted by Gasteiger charge is 2.32. The molecule has 0 aliphatic heterocycles. The fourth-order valence-corrected chi connectivity index (χ4v) is 3.12. The molecule has 3 aromatic rings. The first kappa shape index (κ1) is 15.1. The quantitative estimate of drug-likeness (QED) is 0.578. The van der Waals surface area contributed by atoms with Crippen molar-refractivity contribution in [1.29, 1.82) is 0 Å². The summed E-state index contributed by atoms with van der Waals surface area (Å²) in [5.41, 5.74) is 3.45. The zero-order valence-electron chi connectivity index (χ0n) is 13.4. The second-order valence-corrected chi connectivity index (χ2v) is 5.67. The topological polar surface area (TPSA) is 0 Å². The van der Waals surface area contributed by atoms with Crippen LogP contribution in [-0.2, 0) is 11.8 Å². The molecule has 0 amide bonds. The molecule has 0 spiro atoms. The van der Waals surface area contributed by atoms with E-state index in [-0.39, 0.29) is 5.41 Å². The van der Waals surface area contributed by atoms with Crippen molar-refractivity contribution in [1.82, 2.24) is 0 Å². The van der Waals surface area contributed by atoms with Crippen molar-refractivity contribution in [3.05, 3.63) is 108 Å². The van der Waals surface area contributed by atoms with Gasteiger partial charge in [0.1, 0.15) is 0 Å². The molecule has 0 aromatic heterocycles. The monoisotopic (exact) mass is 296 g/mol. The molecule has 0 unspecified atom stereocenters. The maximum absolute atomic E-state index is 3.53. The van der Waals surface area contributed by atoms with E-state index in [1.165, 1.54) is 16.7 Å². The van der Waals surface area contributed by atoms with E-state index in [1.807, 2.05) is 6.92 Å². The van der Waals surface area contributed by atoms with Gasteiger partial charge in [-0.05, 0) is 30.0 Å². The van der Waals surface area contributed by atoms with Gasteiger partial charge in [0.2, 0.25) is 0 Å². The standard InChI is InChI=1S/C23H20/c1-2-18-23(21-14-8-4-9-15-21,22-16-10-5-11-17-22)19-20-12-6-3-7-13-20/h3-17H,19H2,1H3. The summed E-state index contributed by atoms with van der Waals surface area (Å²) >= 11 is 0. The molecule has 112 valence electrons. The van der Waals surface area contributed by atoms with E-state index in [0.29, 0.717) is 0 Å². The molecule has 3 aromatic carbocycles. The molecule has 0 aliphatic carbocycles. The SMILES string of the molecule is CC#CC(Cc1ccccc1)(c1ccccc1)c1ccccc1. The first-order chi connectivity index (χ1) is 11.3. The molecule has 0 atom stereocenters. The van der Waals surface area contributed by atoms with Crippen LogP contribution < -0.4 is 0 Å². The minimum Gasteiger partial charge on any atom is -0.105 e. The lowest BCUT2D eigenvalue weighted by Crippen LogP contribution is -2.29. The maximum Gasteiger partial charge on any atom is 0.0851 e. The van der Waals surface area contributed by atoms with Crippen molar-refractivity contribution in [2.45, 2.75) is 18.8 Å². The molecule has 0 fully saturated rings. The van der Waals surface area contributed by atoms with Crippen LogP contribution in [0.4, 0.5) is 0 Å². The van der Waals surface area contributed by atoms with Gasteiger partial charge in [-0.1, -0.05) is 96.9 Å². The summed E-state index contributed by atoms with van der Waals surface area (Å²) in [4.78, 5) is 0. The van der Waals surface area contributed by atoms with Crippen molar-refractivity contribution < 1.29 is 0 Å². The summed E-state index contributed by atoms with van der Waals surface area (Å²) in [7, 11) is 0. The van der Waals surface area contributed by atoms with Crippen molar-refractivity contribution in [2.24, 2.45) is 0 Å². The highest BCUT2D eigenvalue weighted by molar-refractivity contribution is 5.49. The molecule has 0 heteroatoms. The van der Waals surface area contributed by atoms with E-state index in [1.54, 1.807) is 0 Å². The Bertz CT molecular complexity index is 751. The molecule has 0 radical (unpaired) electrons. The predicted octanol–water partition coefficient (Wildman–Crippen LogP) is 5.24. The molecule has 0 N–H and O–H groups in total. The summed E-state index contributed by atoms with van der Waals surface area (Å²) in [6.45, 7) is 1.92. The Morgan fingerprint density at radius 2 is 1.09 bits per heavy atom. The number of rotatable bonds is 4. The van der Waals surface area contributed by atoms with Crippen LogP contribution in [0.3, 0.4) is 0 Å². The lowest BCUT2D eigenvalue weighted by molar-refractivity contribution is 0.662. The maximum atomic E-state index is 3.53. The van der Waals surface area contributed by atoms with Crippen LogP contribution in [0.2, 0.25) is 0 Å². The van der Waals surface area contributed by atoms with Gasteiger partial charge in [0.25, 0.3) is 0 Å². The van der Waals surface area contributed by atoms with Gasteiger partial charge in [-0.25, -0.2) is 0 Å². The zero-order chi connectivity index (χ0) is 16.0. The average Bonchev–Trinajstić information content (AvgIpc) is 2.64. The molecular formula is C23H20. The van der Waals surface area contributed by atoms with E-state index in [9.17, 15) is 0 Å². The van der Waals surface area contributed by atoms with Gasteiger partial charge in [-0.15, -0.1) is 5.92 Å². The van der Waals surface area contributed by atoms with Crippen LogP contribution in [-0.4, -0.2) is 0 Å². The second kappa shape index (κ2) is 6.99. The molecule has 0 aliphatic rings. The van der Waals surface area contributed by atoms with Gasteiger partial charge in [0.15, 0.2) is 0 Å². The minimum atomic E-state index is -0.321. The number of hydrogen-bond acceptors (Lipinski definition) is 0. The van der Waals surface area contributed by atoms with Gasteiger partial charge >= 0.3 is 0 Å². The third-order valence-electron chi connectivity index (χ3n) is 4.18. The van der Waals surface area contributed by atoms with Crippen LogP contribution in [0.1, 0.15) is 23.6 Å². The molecule has 0 saturated carbocycles. The van der Waals surface area contributed by atoms with E-state index >= 15 is 0 Å². The van der Waals surface area contributed by atoms with Gasteiger partial charge in [0, 0.05) is 0 Å². The Kier molecular flexibility index (Phi) is 4.60. The third kappa shape index (κ3) is 3.20. The normalized spacial score (nSPS) is 10.7. The van der Waals surface area contributed by atoms with Crippen molar-refractivity contribution >= 4 is 0 Å². The zero-order valence-corrected chi connectivity index (χ0v) is 13.4. The lowest BCUT2D eigenvalue weighted by Gasteiger charge is -2.30. The van der Waals surface area contributed by atoms with Crippen LogP contribution in [0.5, 0.6) is 0 Å². The van der Waals surface area contributed by atoms with Crippen LogP contribution in [0, 0.1) is 11.8 Å². The number of hydrogen-bond donors (Lipinski definition) is 0. The Morgan fingerprint density at radius 1 is 0.652 bits per heavy atom. The van der Waals surface area contributed by atoms with Gasteiger partial charge < -0.3 is 0 Å². The Labute approximate surface area is 138 Å². The minimum absolute atomic E-state index is 0.321. The largest absolute Gasteiger partial charge is 0.105 e. The average molecular weight is 296 g/mol. The van der Waals surface area contributed by atoms with E-state index in [4.69, 9.17) is 0 Å². The first-order valence-corrected chi connectivity index (χ1v) is 7.94. The van der Waals surface area contributed by atoms with Crippen LogP contribution >= 0.6 is 0 Å². The summed E-state index contributed by atoms with van der Waals surface area (Å²) in [6, 6.07) is 31.8. The smallest absolute Gasteiger partial charge is 0.0851 e. The molecule has 0 saturated heterocycles. The van der Waals surface area contributed by atoms with Gasteiger partial charge in [-0.2, -0.15) is 0 Å². The van der Waals surface area contributed by atoms with Gasteiger partial charge in [0.05, 0.1) is 5.41 Å². The second-order valence-electron chi connectivity index (χ2n) is 5.67. The Morgan fingerprint density at radius 3 is 1.52 bits per heavy atom. The third-order valence-corrected chi connectivity index (χ3v) is 4.18. The van der Waals surface area contributed by atoms with Gasteiger partial charge in [-0.3, -0.25) is 0 Å². The molecule has 0 bridgehead atoms. The summed E-state index contributed by atoms with van der Waals surface area (Å²) < 4.78 is 0. The highest BCUT2D eigenvalue weighted by atomic mass is 14.3. The number of benzene rings is 3. The van der Waals surface area contributed by atoms with Crippen molar-refractivity contribution in [2.75, 3.05) is 0 Å². The Balaban J connectivity index is 2.20. The molecule has 23 heavy (non-hydrogen) atoms. The predicted molar refractivity (Wildman–Crippen MR) is 97.3 cm³/mol. The molecule has 0 heterocycles. The van der Waals surface area contributed by atoms with E-state index in [0.717, 1.165) is 6.42 Å². The fraction of sp³-hybridized carbons (Fsp3) is 0.130. The van der Waals surface area contributed by atoms with Crippen molar-refractivity contribution in [3.63, 3.8) is 0 Å². The molecule has 0 nitrogen and oxygen atoms in total. The van der Waals surface area contributed by atoms with Crippen LogP contribution in [0.25, 0.3) is 0 Å². The first-order valence-electron chi connectivity index (χ1n) is 7.94. The van der Waals surface area contributed by atoms with E-state index < -0.39 is 0 Å². The summed E-state index contributed by atoms with van der Waals surface area (Å²) in [6.07, 6.45) is 0.864.